The van der Waals surface area contributed by atoms with E-state index in [1.54, 1.807) is 0 Å². The lowest BCUT2D eigenvalue weighted by Crippen LogP contribution is -2.30. The number of rotatable bonds is 7. The number of unbranched alkanes of at least 4 members (excludes halogenated alkanes) is 2. The van der Waals surface area contributed by atoms with E-state index in [2.05, 4.69) is 18.8 Å². The number of amides is 1. The molecule has 0 unspecified atom stereocenters. The van der Waals surface area contributed by atoms with Crippen molar-refractivity contribution in [1.82, 2.24) is 4.90 Å². The molecule has 1 heterocycles. The lowest BCUT2D eigenvalue weighted by Gasteiger charge is -2.14. The van der Waals surface area contributed by atoms with Gasteiger partial charge in [-0.2, -0.15) is 0 Å². The van der Waals surface area contributed by atoms with Gasteiger partial charge in [0.25, 0.3) is 5.91 Å². The fourth-order valence-electron chi connectivity index (χ4n) is 2.17. The van der Waals surface area contributed by atoms with Gasteiger partial charge in [0.15, 0.2) is 5.17 Å². The average Bonchev–Trinajstić information content (AvgIpc) is 2.82. The Bertz CT molecular complexity index is 551. The molecule has 0 aromatic heterocycles. The highest BCUT2D eigenvalue weighted by Crippen LogP contribution is 2.32. The normalized spacial score (nSPS) is 18.6. The van der Waals surface area contributed by atoms with Crippen molar-refractivity contribution in [2.45, 2.75) is 39.5 Å². The Hall–Kier alpha value is -1.55. The van der Waals surface area contributed by atoms with Gasteiger partial charge in [0.05, 0.1) is 4.91 Å². The Labute approximate surface area is 137 Å². The number of carbonyl (C=O) groups is 1. The lowest BCUT2D eigenvalue weighted by molar-refractivity contribution is -0.122. The third-order valence-corrected chi connectivity index (χ3v) is 4.52. The molecule has 0 bridgehead atoms. The molecule has 2 rings (SSSR count). The second-order valence-electron chi connectivity index (χ2n) is 5.35. The van der Waals surface area contributed by atoms with Gasteiger partial charge >= 0.3 is 0 Å². The summed E-state index contributed by atoms with van der Waals surface area (Å²) in [6, 6.07) is 9.99. The maximum Gasteiger partial charge on any atom is 0.266 e. The summed E-state index contributed by atoms with van der Waals surface area (Å²) in [5.74, 6) is 0.0950. The van der Waals surface area contributed by atoms with Crippen molar-refractivity contribution < 1.29 is 4.79 Å². The molecule has 118 valence electrons. The zero-order valence-electron chi connectivity index (χ0n) is 13.4. The Balaban J connectivity index is 2.18. The van der Waals surface area contributed by atoms with E-state index >= 15 is 0 Å². The monoisotopic (exact) mass is 316 g/mol. The van der Waals surface area contributed by atoms with Crippen molar-refractivity contribution >= 4 is 28.9 Å². The predicted octanol–water partition coefficient (Wildman–Crippen LogP) is 4.56. The van der Waals surface area contributed by atoms with Crippen LogP contribution in [-0.2, 0) is 4.79 Å². The highest BCUT2D eigenvalue weighted by Gasteiger charge is 2.32. The minimum absolute atomic E-state index is 0.0950. The minimum atomic E-state index is 0.0950. The highest BCUT2D eigenvalue weighted by atomic mass is 32.2. The third kappa shape index (κ3) is 4.47. The molecule has 1 aliphatic heterocycles. The van der Waals surface area contributed by atoms with Gasteiger partial charge in [0.1, 0.15) is 0 Å². The Morgan fingerprint density at radius 2 is 1.86 bits per heavy atom. The lowest BCUT2D eigenvalue weighted by atomic mass is 10.2. The predicted molar refractivity (Wildman–Crippen MR) is 95.8 cm³/mol. The molecule has 22 heavy (non-hydrogen) atoms. The van der Waals surface area contributed by atoms with Gasteiger partial charge in [-0.3, -0.25) is 14.7 Å². The number of carbonyl (C=O) groups excluding carboxylic acids is 1. The summed E-state index contributed by atoms with van der Waals surface area (Å²) in [4.78, 5) is 19.9. The standard InChI is InChI=1S/C18H24N2OS/c1-3-5-12-19-18-20(13-6-4-2)17(21)16(22-18)14-15-10-8-7-9-11-15/h7-11,14H,3-6,12-13H2,1-2H3. The molecule has 0 aliphatic carbocycles. The quantitative estimate of drug-likeness (QED) is 0.546. The summed E-state index contributed by atoms with van der Waals surface area (Å²) < 4.78 is 0. The van der Waals surface area contributed by atoms with Crippen LogP contribution < -0.4 is 0 Å². The van der Waals surface area contributed by atoms with Crippen LogP contribution in [0, 0.1) is 0 Å². The van der Waals surface area contributed by atoms with Gasteiger partial charge in [0.2, 0.25) is 0 Å². The second kappa shape index (κ2) is 8.79. The number of aliphatic imine (C=N–C) groups is 1. The van der Waals surface area contributed by atoms with Gasteiger partial charge in [-0.1, -0.05) is 57.0 Å². The van der Waals surface area contributed by atoms with Crippen LogP contribution in [-0.4, -0.2) is 29.1 Å². The summed E-state index contributed by atoms with van der Waals surface area (Å²) in [6.07, 6.45) is 6.25. The van der Waals surface area contributed by atoms with Gasteiger partial charge in [-0.15, -0.1) is 0 Å². The largest absolute Gasteiger partial charge is 0.287 e. The Kier molecular flexibility index (Phi) is 6.72. The number of hydrogen-bond donors (Lipinski definition) is 0. The average molecular weight is 316 g/mol. The van der Waals surface area contributed by atoms with Crippen LogP contribution in [0.4, 0.5) is 0 Å². The molecule has 1 aliphatic rings. The van der Waals surface area contributed by atoms with E-state index in [1.807, 2.05) is 41.3 Å². The van der Waals surface area contributed by atoms with Crippen LogP contribution in [0.1, 0.15) is 45.1 Å². The fourth-order valence-corrected chi connectivity index (χ4v) is 3.20. The maximum atomic E-state index is 12.6. The van der Waals surface area contributed by atoms with E-state index in [0.29, 0.717) is 0 Å². The van der Waals surface area contributed by atoms with Gasteiger partial charge in [-0.05, 0) is 36.2 Å². The molecule has 4 heteroatoms. The molecule has 1 aromatic rings. The summed E-state index contributed by atoms with van der Waals surface area (Å²) in [7, 11) is 0. The molecule has 1 amide bonds. The number of nitrogens with zero attached hydrogens (tertiary/aromatic N) is 2. The van der Waals surface area contributed by atoms with Crippen LogP contribution in [0.5, 0.6) is 0 Å². The molecule has 0 N–H and O–H groups in total. The van der Waals surface area contributed by atoms with E-state index in [0.717, 1.165) is 54.4 Å². The highest BCUT2D eigenvalue weighted by molar-refractivity contribution is 8.18. The summed E-state index contributed by atoms with van der Waals surface area (Å²) in [6.45, 7) is 5.86. The number of thioether (sulfide) groups is 1. The van der Waals surface area contributed by atoms with E-state index in [-0.39, 0.29) is 5.91 Å². The zero-order valence-corrected chi connectivity index (χ0v) is 14.2. The Morgan fingerprint density at radius 1 is 1.14 bits per heavy atom. The van der Waals surface area contributed by atoms with E-state index in [1.165, 1.54) is 11.8 Å². The van der Waals surface area contributed by atoms with Gasteiger partial charge < -0.3 is 0 Å². The van der Waals surface area contributed by atoms with Gasteiger partial charge in [0, 0.05) is 13.1 Å². The minimum Gasteiger partial charge on any atom is -0.287 e. The first-order valence-corrected chi connectivity index (χ1v) is 8.88. The molecule has 1 fully saturated rings. The molecule has 1 aromatic carbocycles. The van der Waals surface area contributed by atoms with E-state index < -0.39 is 0 Å². The van der Waals surface area contributed by atoms with Crippen LogP contribution in [0.2, 0.25) is 0 Å². The number of amidine groups is 1. The van der Waals surface area contributed by atoms with Crippen LogP contribution in [0.15, 0.2) is 40.2 Å². The summed E-state index contributed by atoms with van der Waals surface area (Å²) >= 11 is 1.51. The number of hydrogen-bond acceptors (Lipinski definition) is 3. The molecular weight excluding hydrogens is 292 g/mol. The van der Waals surface area contributed by atoms with Crippen LogP contribution >= 0.6 is 11.8 Å². The topological polar surface area (TPSA) is 32.7 Å². The van der Waals surface area contributed by atoms with Crippen LogP contribution in [0.25, 0.3) is 6.08 Å². The molecule has 1 saturated heterocycles. The molecule has 0 spiro atoms. The first kappa shape index (κ1) is 16.8. The van der Waals surface area contributed by atoms with E-state index in [9.17, 15) is 4.79 Å². The first-order valence-electron chi connectivity index (χ1n) is 8.07. The third-order valence-electron chi connectivity index (χ3n) is 3.48. The van der Waals surface area contributed by atoms with Gasteiger partial charge in [-0.25, -0.2) is 0 Å². The van der Waals surface area contributed by atoms with Crippen molar-refractivity contribution in [3.63, 3.8) is 0 Å². The first-order chi connectivity index (χ1) is 10.8. The van der Waals surface area contributed by atoms with Crippen molar-refractivity contribution in [3.8, 4) is 0 Å². The summed E-state index contributed by atoms with van der Waals surface area (Å²) in [5.41, 5.74) is 1.06. The summed E-state index contributed by atoms with van der Waals surface area (Å²) in [5, 5.41) is 0.870. The van der Waals surface area contributed by atoms with Crippen LogP contribution in [0.3, 0.4) is 0 Å². The number of benzene rings is 1. The maximum absolute atomic E-state index is 12.6. The second-order valence-corrected chi connectivity index (χ2v) is 6.36. The zero-order chi connectivity index (χ0) is 15.8. The molecule has 0 atom stereocenters. The SMILES string of the molecule is CCCCN=C1SC(=Cc2ccccc2)C(=O)N1CCCC. The van der Waals surface area contributed by atoms with Crippen molar-refractivity contribution in [1.29, 1.82) is 0 Å². The molecule has 0 saturated carbocycles. The van der Waals surface area contributed by atoms with Crippen molar-refractivity contribution in [3.05, 3.63) is 40.8 Å². The van der Waals surface area contributed by atoms with Crippen molar-refractivity contribution in [2.24, 2.45) is 4.99 Å². The molecule has 0 radical (unpaired) electrons. The van der Waals surface area contributed by atoms with Crippen molar-refractivity contribution in [2.75, 3.05) is 13.1 Å². The Morgan fingerprint density at radius 3 is 2.55 bits per heavy atom. The van der Waals surface area contributed by atoms with E-state index in [4.69, 9.17) is 0 Å². The fraction of sp³-hybridized carbons (Fsp3) is 0.444. The molecular formula is C18H24N2OS. The smallest absolute Gasteiger partial charge is 0.266 e. The molecule has 3 nitrogen and oxygen atoms in total.